The van der Waals surface area contributed by atoms with Crippen LogP contribution in [0.5, 0.6) is 0 Å². The van der Waals surface area contributed by atoms with Crippen molar-refractivity contribution in [2.75, 3.05) is 145 Å². The SMILES string of the molecule is CC(=O)NC1C(OCCOCCNC(=O)CN(CCCN(CC(=O)NCCOCCOC2OC(CO)C(O)C(O)C2NC(C)=O)C(=O)CCCC(=O)NC[C@H](O)COP(=O)(O)O)CC(=O)NCCOCCOC2OC(CO)C(O)C(O)C2NC(C)=O)OC(CO)C(O)C1O. The topological polar surface area (TPSA) is 579 Å². The van der Waals surface area contributed by atoms with Crippen LogP contribution in [-0.2, 0) is 90.1 Å². The van der Waals surface area contributed by atoms with Gasteiger partial charge in [-0.15, -0.1) is 0 Å². The summed E-state index contributed by atoms with van der Waals surface area (Å²) in [6, 6.07) is -3.56. The molecule has 0 aliphatic carbocycles. The molecule has 544 valence electrons. The van der Waals surface area contributed by atoms with E-state index in [1.54, 1.807) is 0 Å². The van der Waals surface area contributed by atoms with Crippen LogP contribution in [0.3, 0.4) is 0 Å². The van der Waals surface area contributed by atoms with Crippen molar-refractivity contribution in [2.24, 2.45) is 0 Å². The summed E-state index contributed by atoms with van der Waals surface area (Å²) in [6.07, 6.45) is -18.7. The van der Waals surface area contributed by atoms with E-state index in [0.29, 0.717) is 0 Å². The fraction of sp³-hybridized carbons (Fsp3) is 0.849. The zero-order valence-electron chi connectivity index (χ0n) is 52.6. The number of aliphatic hydroxyl groups excluding tert-OH is 10. The predicted octanol–water partition coefficient (Wildman–Crippen LogP) is -11.5. The second kappa shape index (κ2) is 44.8. The first-order valence-corrected chi connectivity index (χ1v) is 31.8. The molecule has 3 saturated heterocycles. The van der Waals surface area contributed by atoms with E-state index in [4.69, 9.17) is 52.4 Å². The summed E-state index contributed by atoms with van der Waals surface area (Å²) in [6.45, 7) is -2.19. The van der Waals surface area contributed by atoms with E-state index in [9.17, 15) is 94.0 Å². The summed E-state index contributed by atoms with van der Waals surface area (Å²) >= 11 is 0. The molecule has 3 aliphatic rings. The van der Waals surface area contributed by atoms with Gasteiger partial charge in [0.25, 0.3) is 0 Å². The van der Waals surface area contributed by atoms with Crippen molar-refractivity contribution >= 4 is 55.1 Å². The number of phosphoric ester groups is 1. The molecule has 40 nitrogen and oxygen atoms in total. The van der Waals surface area contributed by atoms with E-state index >= 15 is 0 Å². The lowest BCUT2D eigenvalue weighted by molar-refractivity contribution is -0.272. The molecule has 3 heterocycles. The number of phosphoric acid groups is 1. The molecule has 3 rings (SSSR count). The highest BCUT2D eigenvalue weighted by molar-refractivity contribution is 7.46. The molecule has 0 radical (unpaired) electrons. The molecule has 41 heteroatoms. The van der Waals surface area contributed by atoms with Gasteiger partial charge in [0.15, 0.2) is 18.9 Å². The van der Waals surface area contributed by atoms with Crippen molar-refractivity contribution in [3.63, 3.8) is 0 Å². The fourth-order valence-corrected chi connectivity index (χ4v) is 9.83. The maximum absolute atomic E-state index is 13.8. The number of carbonyl (C=O) groups excluding carboxylic acids is 8. The van der Waals surface area contributed by atoms with Crippen LogP contribution < -0.4 is 37.2 Å². The Bertz CT molecular complexity index is 2260. The van der Waals surface area contributed by atoms with Gasteiger partial charge in [-0.3, -0.25) is 47.8 Å². The van der Waals surface area contributed by atoms with E-state index in [-0.39, 0.29) is 131 Å². The van der Waals surface area contributed by atoms with Crippen LogP contribution >= 0.6 is 7.82 Å². The van der Waals surface area contributed by atoms with Gasteiger partial charge in [-0.2, -0.15) is 0 Å². The number of rotatable bonds is 46. The first-order valence-electron chi connectivity index (χ1n) is 30.3. The number of nitrogens with zero attached hydrogens (tertiary/aromatic N) is 2. The Kier molecular flexibility index (Phi) is 39.7. The second-order valence-electron chi connectivity index (χ2n) is 21.8. The minimum Gasteiger partial charge on any atom is -0.394 e. The van der Waals surface area contributed by atoms with E-state index < -0.39 is 193 Å². The van der Waals surface area contributed by atoms with Crippen LogP contribution in [0, 0.1) is 0 Å². The molecular formula is C53H96N9O31P. The number of hydrogen-bond acceptors (Lipinski definition) is 30. The van der Waals surface area contributed by atoms with Crippen LogP contribution in [0.4, 0.5) is 0 Å². The van der Waals surface area contributed by atoms with Crippen LogP contribution in [0.1, 0.15) is 46.5 Å². The first kappa shape index (κ1) is 83.3. The maximum atomic E-state index is 13.8. The molecule has 0 aromatic carbocycles. The largest absolute Gasteiger partial charge is 0.469 e. The molecule has 15 unspecified atom stereocenters. The molecule has 0 bridgehead atoms. The summed E-state index contributed by atoms with van der Waals surface area (Å²) in [5.41, 5.74) is 0. The van der Waals surface area contributed by atoms with Gasteiger partial charge in [0, 0.05) is 72.9 Å². The van der Waals surface area contributed by atoms with E-state index in [1.165, 1.54) is 30.6 Å². The van der Waals surface area contributed by atoms with Crippen LogP contribution in [0.2, 0.25) is 0 Å². The summed E-state index contributed by atoms with van der Waals surface area (Å²) in [5, 5.41) is 119. The third-order valence-corrected chi connectivity index (χ3v) is 14.6. The minimum atomic E-state index is -4.90. The molecule has 94 heavy (non-hydrogen) atoms. The average molecular weight is 1390 g/mol. The zero-order valence-corrected chi connectivity index (χ0v) is 53.5. The fourth-order valence-electron chi connectivity index (χ4n) is 9.46. The van der Waals surface area contributed by atoms with Crippen molar-refractivity contribution in [3.8, 4) is 0 Å². The quantitative estimate of drug-likeness (QED) is 0.0199. The Morgan fingerprint density at radius 1 is 0.479 bits per heavy atom. The minimum absolute atomic E-state index is 0.0326. The van der Waals surface area contributed by atoms with Crippen molar-refractivity contribution in [1.29, 1.82) is 0 Å². The zero-order chi connectivity index (χ0) is 69.9. The third kappa shape index (κ3) is 32.0. The Morgan fingerprint density at radius 2 is 0.851 bits per heavy atom. The van der Waals surface area contributed by atoms with E-state index in [1.807, 2.05) is 0 Å². The first-order chi connectivity index (χ1) is 44.6. The molecule has 19 N–H and O–H groups in total. The molecule has 0 aromatic heterocycles. The Hall–Kier alpha value is -4.93. The van der Waals surface area contributed by atoms with E-state index in [2.05, 4.69) is 41.7 Å². The van der Waals surface area contributed by atoms with Gasteiger partial charge in [0.05, 0.1) is 112 Å². The van der Waals surface area contributed by atoms with Gasteiger partial charge in [-0.05, 0) is 12.8 Å². The lowest BCUT2D eigenvalue weighted by Crippen LogP contribution is -2.64. The molecule has 16 atom stereocenters. The molecule has 3 fully saturated rings. The van der Waals surface area contributed by atoms with Crippen LogP contribution in [0.25, 0.3) is 0 Å². The highest BCUT2D eigenvalue weighted by Crippen LogP contribution is 2.35. The number of nitrogens with one attached hydrogen (secondary N) is 7. The van der Waals surface area contributed by atoms with Gasteiger partial charge in [-0.25, -0.2) is 4.57 Å². The van der Waals surface area contributed by atoms with Crippen LogP contribution in [0.15, 0.2) is 0 Å². The molecular weight excluding hydrogens is 1290 g/mol. The van der Waals surface area contributed by atoms with E-state index in [0.717, 1.165) is 0 Å². The van der Waals surface area contributed by atoms with Crippen molar-refractivity contribution in [1.82, 2.24) is 47.0 Å². The average Bonchev–Trinajstić information content (AvgIpc) is 0.831. The Labute approximate surface area is 541 Å². The normalized spacial score (nSPS) is 26.6. The Morgan fingerprint density at radius 3 is 1.20 bits per heavy atom. The van der Waals surface area contributed by atoms with Gasteiger partial charge >= 0.3 is 7.82 Å². The van der Waals surface area contributed by atoms with Crippen molar-refractivity contribution in [2.45, 2.75) is 144 Å². The lowest BCUT2D eigenvalue weighted by atomic mass is 9.97. The molecule has 3 aliphatic heterocycles. The third-order valence-electron chi connectivity index (χ3n) is 14.1. The number of amides is 8. The summed E-state index contributed by atoms with van der Waals surface area (Å²) in [5.74, 6) is -4.69. The summed E-state index contributed by atoms with van der Waals surface area (Å²) in [7, 11) is -4.90. The Balaban J connectivity index is 1.64. The van der Waals surface area contributed by atoms with Crippen molar-refractivity contribution in [3.05, 3.63) is 0 Å². The van der Waals surface area contributed by atoms with Gasteiger partial charge in [-0.1, -0.05) is 0 Å². The number of aliphatic hydroxyl groups is 10. The smallest absolute Gasteiger partial charge is 0.394 e. The number of carbonyl (C=O) groups is 8. The number of ether oxygens (including phenoxy) is 9. The van der Waals surface area contributed by atoms with Gasteiger partial charge in [0.1, 0.15) is 73.1 Å². The highest BCUT2D eigenvalue weighted by Gasteiger charge is 2.48. The number of hydrogen-bond donors (Lipinski definition) is 19. The summed E-state index contributed by atoms with van der Waals surface area (Å²) in [4.78, 5) is 122. The lowest BCUT2D eigenvalue weighted by Gasteiger charge is -2.42. The van der Waals surface area contributed by atoms with Gasteiger partial charge < -0.3 is 146 Å². The molecule has 0 saturated carbocycles. The second-order valence-corrected chi connectivity index (χ2v) is 23.0. The maximum Gasteiger partial charge on any atom is 0.469 e. The predicted molar refractivity (Wildman–Crippen MR) is 314 cm³/mol. The van der Waals surface area contributed by atoms with Crippen molar-refractivity contribution < 1.29 is 151 Å². The van der Waals surface area contributed by atoms with Crippen LogP contribution in [-0.4, -0.2) is 361 Å². The molecule has 8 amide bonds. The standard InChI is InChI=1S/C53H96N9O31P/c1-30(66)58-42-48(78)45(75)34(26-63)91-51(42)87-19-16-84-13-8-54-38(71)23-61(24-39(72)55-9-14-85-17-20-88-52-43(59-31(2)67)49(79)46(76)35(27-64)92-52)11-5-12-62(41(74)7-4-6-37(70)57-22-33(69)29-90-94(81,82)83)25-40(73)56-10-15-86-18-21-89-53-44(60-32(3)68)50(80)47(77)36(28-65)93-53/h33-36,42-53,63-65,69,75-80H,4-29H2,1-3H3,(H,54,71)(H,55,72)(H,56,73)(H,57,70)(H,58,66)(H,59,67)(H,60,68)(H2,81,82,83)/t33-,34?,35?,36?,42?,43?,44?,45?,46?,47?,48?,49?,50?,51?,52?,53?/m0/s1. The van der Waals surface area contributed by atoms with Gasteiger partial charge in [0.2, 0.25) is 47.3 Å². The highest BCUT2D eigenvalue weighted by atomic mass is 31.2. The molecule has 0 aromatic rings. The molecule has 0 spiro atoms. The summed E-state index contributed by atoms with van der Waals surface area (Å²) < 4.78 is 65.3. The monoisotopic (exact) mass is 1390 g/mol.